The normalized spacial score (nSPS) is 10.2. The summed E-state index contributed by atoms with van der Waals surface area (Å²) in [5.41, 5.74) is 7.76. The van der Waals surface area contributed by atoms with Crippen molar-refractivity contribution in [2.24, 2.45) is 0 Å². The number of hydrogen-bond donors (Lipinski definition) is 2. The van der Waals surface area contributed by atoms with Crippen LogP contribution in [0.2, 0.25) is 0 Å². The number of hydrazine groups is 1. The molecule has 0 atom stereocenters. The van der Waals surface area contributed by atoms with E-state index in [0.29, 0.717) is 6.42 Å². The zero-order valence-corrected chi connectivity index (χ0v) is 11.2. The lowest BCUT2D eigenvalue weighted by Crippen LogP contribution is -2.33. The molecule has 1 rings (SSSR count). The minimum Gasteiger partial charge on any atom is -0.292 e. The topological polar surface area (TPSA) is 41.1 Å². The molecule has 16 heavy (non-hydrogen) atoms. The van der Waals surface area contributed by atoms with Gasteiger partial charge in [-0.3, -0.25) is 10.2 Å². The van der Waals surface area contributed by atoms with Gasteiger partial charge < -0.3 is 0 Å². The summed E-state index contributed by atoms with van der Waals surface area (Å²) in [7, 11) is 1.69. The van der Waals surface area contributed by atoms with Crippen LogP contribution in [0, 0.1) is 6.92 Å². The van der Waals surface area contributed by atoms with Gasteiger partial charge in [-0.2, -0.15) is 0 Å². The molecule has 0 unspecified atom stereocenters. The third-order valence-electron chi connectivity index (χ3n) is 2.43. The molecule has 0 saturated heterocycles. The first kappa shape index (κ1) is 13.2. The third kappa shape index (κ3) is 4.33. The van der Waals surface area contributed by atoms with Crippen molar-refractivity contribution in [3.8, 4) is 0 Å². The molecule has 4 heteroatoms. The average molecular weight is 285 g/mol. The standard InChI is InChI=1S/C12H17BrN2O/c1-9-6-7-11(13)8-10(9)4-3-5-12(16)15-14-2/h6-8,14H,3-5H2,1-2H3,(H,15,16). The number of aryl methyl sites for hydroxylation is 2. The second-order valence-corrected chi connectivity index (χ2v) is 4.64. The van der Waals surface area contributed by atoms with Crippen LogP contribution < -0.4 is 10.9 Å². The Morgan fingerprint density at radius 1 is 1.44 bits per heavy atom. The lowest BCUT2D eigenvalue weighted by atomic mass is 10.0. The second kappa shape index (κ2) is 6.66. The number of benzene rings is 1. The number of nitrogens with one attached hydrogen (secondary N) is 2. The Labute approximate surface area is 105 Å². The lowest BCUT2D eigenvalue weighted by Gasteiger charge is -2.06. The van der Waals surface area contributed by atoms with E-state index >= 15 is 0 Å². The number of carbonyl (C=O) groups excluding carboxylic acids is 1. The van der Waals surface area contributed by atoms with Crippen molar-refractivity contribution in [1.29, 1.82) is 0 Å². The number of rotatable bonds is 5. The minimum absolute atomic E-state index is 0.0372. The SMILES string of the molecule is CNNC(=O)CCCc1cc(Br)ccc1C. The van der Waals surface area contributed by atoms with E-state index in [2.05, 4.69) is 45.8 Å². The predicted molar refractivity (Wildman–Crippen MR) is 69.0 cm³/mol. The Morgan fingerprint density at radius 2 is 2.19 bits per heavy atom. The van der Waals surface area contributed by atoms with Crippen LogP contribution in [0.4, 0.5) is 0 Å². The van der Waals surface area contributed by atoms with Crippen molar-refractivity contribution >= 4 is 21.8 Å². The number of halogens is 1. The molecular formula is C12H17BrN2O. The molecule has 1 aromatic rings. The quantitative estimate of drug-likeness (QED) is 0.815. The molecule has 0 fully saturated rings. The largest absolute Gasteiger partial charge is 0.292 e. The van der Waals surface area contributed by atoms with Crippen molar-refractivity contribution in [2.75, 3.05) is 7.05 Å². The first-order valence-electron chi connectivity index (χ1n) is 5.34. The highest BCUT2D eigenvalue weighted by Gasteiger charge is 2.02. The van der Waals surface area contributed by atoms with Crippen molar-refractivity contribution < 1.29 is 4.79 Å². The number of amides is 1. The van der Waals surface area contributed by atoms with Crippen LogP contribution >= 0.6 is 15.9 Å². The van der Waals surface area contributed by atoms with Gasteiger partial charge in [-0.15, -0.1) is 0 Å². The van der Waals surface area contributed by atoms with Crippen LogP contribution in [0.5, 0.6) is 0 Å². The average Bonchev–Trinajstić information content (AvgIpc) is 2.23. The van der Waals surface area contributed by atoms with Crippen LogP contribution in [-0.4, -0.2) is 13.0 Å². The maximum atomic E-state index is 11.2. The van der Waals surface area contributed by atoms with Crippen LogP contribution in [0.25, 0.3) is 0 Å². The molecule has 1 aromatic carbocycles. The van der Waals surface area contributed by atoms with Gasteiger partial charge in [-0.25, -0.2) is 5.43 Å². The van der Waals surface area contributed by atoms with E-state index in [0.717, 1.165) is 17.3 Å². The summed E-state index contributed by atoms with van der Waals surface area (Å²) in [5, 5.41) is 0. The number of hydrogen-bond acceptors (Lipinski definition) is 2. The smallest absolute Gasteiger partial charge is 0.234 e. The molecule has 0 aliphatic heterocycles. The lowest BCUT2D eigenvalue weighted by molar-refractivity contribution is -0.122. The maximum absolute atomic E-state index is 11.2. The van der Waals surface area contributed by atoms with Gasteiger partial charge in [0.2, 0.25) is 5.91 Å². The molecule has 0 spiro atoms. The monoisotopic (exact) mass is 284 g/mol. The van der Waals surface area contributed by atoms with Gasteiger partial charge in [0.25, 0.3) is 0 Å². The molecule has 88 valence electrons. The third-order valence-corrected chi connectivity index (χ3v) is 2.92. The molecule has 0 aliphatic rings. The molecule has 2 N–H and O–H groups in total. The van der Waals surface area contributed by atoms with E-state index in [1.165, 1.54) is 11.1 Å². The van der Waals surface area contributed by atoms with Crippen molar-refractivity contribution in [3.05, 3.63) is 33.8 Å². The summed E-state index contributed by atoms with van der Waals surface area (Å²) in [6.07, 6.45) is 2.35. The summed E-state index contributed by atoms with van der Waals surface area (Å²) in [4.78, 5) is 11.2. The van der Waals surface area contributed by atoms with E-state index < -0.39 is 0 Å². The number of carbonyl (C=O) groups is 1. The predicted octanol–water partition coefficient (Wildman–Crippen LogP) is 2.33. The summed E-state index contributed by atoms with van der Waals surface area (Å²) in [5.74, 6) is 0.0372. The van der Waals surface area contributed by atoms with Gasteiger partial charge in [0.1, 0.15) is 0 Å². The molecule has 1 amide bonds. The summed E-state index contributed by atoms with van der Waals surface area (Å²) in [6.45, 7) is 2.09. The maximum Gasteiger partial charge on any atom is 0.234 e. The molecule has 0 bridgehead atoms. The second-order valence-electron chi connectivity index (χ2n) is 3.72. The Hall–Kier alpha value is -0.870. The fraction of sp³-hybridized carbons (Fsp3) is 0.417. The first-order valence-corrected chi connectivity index (χ1v) is 6.13. The molecule has 0 aliphatic carbocycles. The summed E-state index contributed by atoms with van der Waals surface area (Å²) >= 11 is 3.45. The molecule has 0 heterocycles. The Kier molecular flexibility index (Phi) is 5.49. The van der Waals surface area contributed by atoms with Crippen LogP contribution in [0.1, 0.15) is 24.0 Å². The van der Waals surface area contributed by atoms with Crippen LogP contribution in [-0.2, 0) is 11.2 Å². The summed E-state index contributed by atoms with van der Waals surface area (Å²) in [6, 6.07) is 6.24. The minimum atomic E-state index is 0.0372. The van der Waals surface area contributed by atoms with E-state index in [9.17, 15) is 4.79 Å². The molecular weight excluding hydrogens is 268 g/mol. The molecule has 3 nitrogen and oxygen atoms in total. The Bertz CT molecular complexity index is 366. The van der Waals surface area contributed by atoms with Crippen molar-refractivity contribution in [3.63, 3.8) is 0 Å². The van der Waals surface area contributed by atoms with E-state index in [-0.39, 0.29) is 5.91 Å². The van der Waals surface area contributed by atoms with E-state index in [1.54, 1.807) is 7.05 Å². The highest BCUT2D eigenvalue weighted by Crippen LogP contribution is 2.17. The molecule has 0 saturated carbocycles. The van der Waals surface area contributed by atoms with Gasteiger partial charge in [0.05, 0.1) is 0 Å². The van der Waals surface area contributed by atoms with Crippen LogP contribution in [0.3, 0.4) is 0 Å². The van der Waals surface area contributed by atoms with Gasteiger partial charge in [-0.1, -0.05) is 22.0 Å². The fourth-order valence-electron chi connectivity index (χ4n) is 1.55. The van der Waals surface area contributed by atoms with Gasteiger partial charge in [0.15, 0.2) is 0 Å². The molecule has 0 radical (unpaired) electrons. The van der Waals surface area contributed by atoms with E-state index in [4.69, 9.17) is 0 Å². The zero-order chi connectivity index (χ0) is 12.0. The molecule has 0 aromatic heterocycles. The van der Waals surface area contributed by atoms with Crippen molar-refractivity contribution in [1.82, 2.24) is 10.9 Å². The highest BCUT2D eigenvalue weighted by atomic mass is 79.9. The van der Waals surface area contributed by atoms with Gasteiger partial charge >= 0.3 is 0 Å². The van der Waals surface area contributed by atoms with E-state index in [1.807, 2.05) is 6.07 Å². The van der Waals surface area contributed by atoms with Gasteiger partial charge in [-0.05, 0) is 43.0 Å². The summed E-state index contributed by atoms with van der Waals surface area (Å²) < 4.78 is 1.09. The van der Waals surface area contributed by atoms with Crippen molar-refractivity contribution in [2.45, 2.75) is 26.2 Å². The Balaban J connectivity index is 2.42. The fourth-order valence-corrected chi connectivity index (χ4v) is 1.96. The van der Waals surface area contributed by atoms with Gasteiger partial charge in [0, 0.05) is 17.9 Å². The first-order chi connectivity index (χ1) is 7.63. The highest BCUT2D eigenvalue weighted by molar-refractivity contribution is 9.10. The Morgan fingerprint density at radius 3 is 2.88 bits per heavy atom. The van der Waals surface area contributed by atoms with Crippen LogP contribution in [0.15, 0.2) is 22.7 Å². The zero-order valence-electron chi connectivity index (χ0n) is 9.64.